The molecule has 0 atom stereocenters. The Kier molecular flexibility index (Phi) is 5.86. The van der Waals surface area contributed by atoms with Crippen LogP contribution in [-0.2, 0) is 17.5 Å². The highest BCUT2D eigenvalue weighted by molar-refractivity contribution is 5.92. The Bertz CT molecular complexity index is 926. The minimum Gasteiger partial charge on any atom is -0.497 e. The van der Waals surface area contributed by atoms with E-state index in [2.05, 4.69) is 4.98 Å². The molecule has 9 heteroatoms. The highest BCUT2D eigenvalue weighted by atomic mass is 19.4. The molecule has 6 nitrogen and oxygen atoms in total. The van der Waals surface area contributed by atoms with Crippen molar-refractivity contribution in [2.45, 2.75) is 46.0 Å². The van der Waals surface area contributed by atoms with Crippen LogP contribution in [0.3, 0.4) is 0 Å². The van der Waals surface area contributed by atoms with Crippen molar-refractivity contribution >= 4 is 5.97 Å². The Labute approximate surface area is 159 Å². The van der Waals surface area contributed by atoms with Gasteiger partial charge in [0.05, 0.1) is 13.7 Å². The summed E-state index contributed by atoms with van der Waals surface area (Å²) in [5.41, 5.74) is -3.97. The first-order valence-corrected chi connectivity index (χ1v) is 8.38. The molecule has 1 aromatic heterocycles. The highest BCUT2D eigenvalue weighted by Gasteiger charge is 2.41. The molecule has 0 aliphatic heterocycles. The molecule has 0 fully saturated rings. The number of hydrogen-bond acceptors (Lipinski definition) is 5. The first-order chi connectivity index (χ1) is 12.8. The van der Waals surface area contributed by atoms with Gasteiger partial charge >= 0.3 is 17.8 Å². The predicted molar refractivity (Wildman–Crippen MR) is 95.5 cm³/mol. The Balaban J connectivity index is 2.59. The van der Waals surface area contributed by atoms with E-state index in [-0.39, 0.29) is 12.2 Å². The molecule has 152 valence electrons. The zero-order valence-electron chi connectivity index (χ0n) is 16.2. The lowest BCUT2D eigenvalue weighted by atomic mass is 10.1. The number of halogens is 3. The standard InChI is InChI=1S/C19H21F3N2O4/c1-11-14(16(25)28-18(2,3)4)15(19(20,21)22)23-17(26)24(11)10-12-6-8-13(27-5)9-7-12/h6-9H,10H2,1-5H3. The Morgan fingerprint density at radius 3 is 2.18 bits per heavy atom. The molecular formula is C19H21F3N2O4. The van der Waals surface area contributed by atoms with Gasteiger partial charge in [-0.1, -0.05) is 12.1 Å². The molecule has 0 unspecified atom stereocenters. The number of nitrogens with zero attached hydrogens (tertiary/aromatic N) is 2. The molecule has 1 aromatic carbocycles. The number of methoxy groups -OCH3 is 1. The average Bonchev–Trinajstić information content (AvgIpc) is 2.56. The number of esters is 1. The minimum atomic E-state index is -4.98. The van der Waals surface area contributed by atoms with Crippen LogP contribution < -0.4 is 10.4 Å². The molecule has 2 rings (SSSR count). The molecule has 28 heavy (non-hydrogen) atoms. The fourth-order valence-electron chi connectivity index (χ4n) is 2.54. The van der Waals surface area contributed by atoms with Crippen LogP contribution in [0.25, 0.3) is 0 Å². The maximum absolute atomic E-state index is 13.4. The van der Waals surface area contributed by atoms with Gasteiger partial charge < -0.3 is 9.47 Å². The molecule has 0 spiro atoms. The van der Waals surface area contributed by atoms with E-state index in [4.69, 9.17) is 9.47 Å². The third kappa shape index (κ3) is 4.90. The minimum absolute atomic E-state index is 0.0599. The second-order valence-electron chi connectivity index (χ2n) is 7.14. The Hall–Kier alpha value is -2.84. The van der Waals surface area contributed by atoms with Crippen molar-refractivity contribution in [2.75, 3.05) is 7.11 Å². The van der Waals surface area contributed by atoms with Gasteiger partial charge in [0.1, 0.15) is 16.9 Å². The third-order valence-electron chi connectivity index (χ3n) is 3.81. The van der Waals surface area contributed by atoms with Crippen LogP contribution in [0.5, 0.6) is 5.75 Å². The van der Waals surface area contributed by atoms with Gasteiger partial charge in [0, 0.05) is 5.69 Å². The van der Waals surface area contributed by atoms with Crippen LogP contribution >= 0.6 is 0 Å². The molecular weight excluding hydrogens is 377 g/mol. The molecule has 0 N–H and O–H groups in total. The molecule has 0 saturated carbocycles. The number of aromatic nitrogens is 2. The summed E-state index contributed by atoms with van der Waals surface area (Å²) in [5.74, 6) is -0.596. The molecule has 0 saturated heterocycles. The molecule has 0 aliphatic carbocycles. The largest absolute Gasteiger partial charge is 0.497 e. The smallest absolute Gasteiger partial charge is 0.434 e. The average molecular weight is 398 g/mol. The predicted octanol–water partition coefficient (Wildman–Crippen LogP) is 3.58. The van der Waals surface area contributed by atoms with Crippen LogP contribution in [0.2, 0.25) is 0 Å². The van der Waals surface area contributed by atoms with E-state index in [9.17, 15) is 22.8 Å². The summed E-state index contributed by atoms with van der Waals surface area (Å²) in [5, 5.41) is 0. The lowest BCUT2D eigenvalue weighted by molar-refractivity contribution is -0.142. The van der Waals surface area contributed by atoms with E-state index < -0.39 is 34.7 Å². The van der Waals surface area contributed by atoms with E-state index in [0.29, 0.717) is 11.3 Å². The second kappa shape index (κ2) is 7.65. The zero-order valence-corrected chi connectivity index (χ0v) is 16.2. The SMILES string of the molecule is COc1ccc(Cn2c(C)c(C(=O)OC(C)(C)C)c(C(F)(F)F)nc2=O)cc1. The van der Waals surface area contributed by atoms with Gasteiger partial charge in [0.15, 0.2) is 5.69 Å². The second-order valence-corrected chi connectivity index (χ2v) is 7.14. The van der Waals surface area contributed by atoms with Crippen molar-refractivity contribution in [3.63, 3.8) is 0 Å². The molecule has 0 aliphatic rings. The van der Waals surface area contributed by atoms with Crippen molar-refractivity contribution in [2.24, 2.45) is 0 Å². The van der Waals surface area contributed by atoms with E-state index in [1.165, 1.54) is 34.8 Å². The van der Waals surface area contributed by atoms with Gasteiger partial charge in [-0.3, -0.25) is 4.57 Å². The lowest BCUT2D eigenvalue weighted by Crippen LogP contribution is -2.35. The first kappa shape index (κ1) is 21.5. The quantitative estimate of drug-likeness (QED) is 0.737. The van der Waals surface area contributed by atoms with Crippen LogP contribution in [0.4, 0.5) is 13.2 Å². The fraction of sp³-hybridized carbons (Fsp3) is 0.421. The van der Waals surface area contributed by atoms with Crippen molar-refractivity contribution < 1.29 is 27.4 Å². The van der Waals surface area contributed by atoms with Crippen molar-refractivity contribution in [3.05, 3.63) is 57.3 Å². The Morgan fingerprint density at radius 2 is 1.71 bits per heavy atom. The van der Waals surface area contributed by atoms with E-state index in [0.717, 1.165) is 4.57 Å². The molecule has 0 radical (unpaired) electrons. The van der Waals surface area contributed by atoms with Crippen LogP contribution in [0.1, 0.15) is 48.1 Å². The van der Waals surface area contributed by atoms with Crippen LogP contribution in [0.15, 0.2) is 29.1 Å². The third-order valence-corrected chi connectivity index (χ3v) is 3.81. The molecule has 0 amide bonds. The summed E-state index contributed by atoms with van der Waals surface area (Å²) < 4.78 is 51.4. The Morgan fingerprint density at radius 1 is 1.14 bits per heavy atom. The summed E-state index contributed by atoms with van der Waals surface area (Å²) in [6.45, 7) is 5.81. The summed E-state index contributed by atoms with van der Waals surface area (Å²) in [6.07, 6.45) is -4.98. The molecule has 1 heterocycles. The highest BCUT2D eigenvalue weighted by Crippen LogP contribution is 2.32. The van der Waals surface area contributed by atoms with E-state index in [1.54, 1.807) is 24.3 Å². The van der Waals surface area contributed by atoms with Crippen LogP contribution in [0, 0.1) is 6.92 Å². The van der Waals surface area contributed by atoms with E-state index in [1.807, 2.05) is 0 Å². The number of rotatable bonds is 4. The number of alkyl halides is 3. The zero-order chi connectivity index (χ0) is 21.3. The maximum atomic E-state index is 13.4. The summed E-state index contributed by atoms with van der Waals surface area (Å²) in [4.78, 5) is 27.9. The molecule has 0 bridgehead atoms. The van der Waals surface area contributed by atoms with Crippen molar-refractivity contribution in [1.29, 1.82) is 0 Å². The van der Waals surface area contributed by atoms with Gasteiger partial charge in [-0.05, 0) is 45.4 Å². The maximum Gasteiger partial charge on any atom is 0.434 e. The summed E-state index contributed by atoms with van der Waals surface area (Å²) >= 11 is 0. The fourth-order valence-corrected chi connectivity index (χ4v) is 2.54. The first-order valence-electron chi connectivity index (χ1n) is 8.38. The lowest BCUT2D eigenvalue weighted by Gasteiger charge is -2.23. The number of carbonyl (C=O) groups is 1. The van der Waals surface area contributed by atoms with Crippen molar-refractivity contribution in [3.8, 4) is 5.75 Å². The summed E-state index contributed by atoms with van der Waals surface area (Å²) in [7, 11) is 1.50. The number of ether oxygens (including phenoxy) is 2. The van der Waals surface area contributed by atoms with Gasteiger partial charge in [0.2, 0.25) is 0 Å². The normalized spacial score (nSPS) is 12.0. The topological polar surface area (TPSA) is 70.4 Å². The van der Waals surface area contributed by atoms with Gasteiger partial charge in [-0.25, -0.2) is 9.59 Å². The van der Waals surface area contributed by atoms with Gasteiger partial charge in [-0.15, -0.1) is 0 Å². The van der Waals surface area contributed by atoms with Crippen molar-refractivity contribution in [1.82, 2.24) is 9.55 Å². The van der Waals surface area contributed by atoms with Gasteiger partial charge in [0.25, 0.3) is 0 Å². The van der Waals surface area contributed by atoms with Gasteiger partial charge in [-0.2, -0.15) is 18.2 Å². The molecule has 2 aromatic rings. The van der Waals surface area contributed by atoms with E-state index >= 15 is 0 Å². The monoisotopic (exact) mass is 398 g/mol. The summed E-state index contributed by atoms with van der Waals surface area (Å²) in [6, 6.07) is 6.63. The number of hydrogen-bond donors (Lipinski definition) is 0. The number of carbonyl (C=O) groups excluding carboxylic acids is 1. The van der Waals surface area contributed by atoms with Crippen LogP contribution in [-0.4, -0.2) is 28.2 Å². The number of benzene rings is 1.